The van der Waals surface area contributed by atoms with Crippen molar-refractivity contribution in [1.29, 1.82) is 0 Å². The van der Waals surface area contributed by atoms with E-state index in [1.165, 1.54) is 35.4 Å². The molecule has 1 atom stereocenters. The smallest absolute Gasteiger partial charge is 0.296 e. The van der Waals surface area contributed by atoms with Crippen LogP contribution in [0.1, 0.15) is 22.2 Å². The molecule has 1 aliphatic rings. The number of aliphatic hydroxyl groups excluding tert-OH is 1. The van der Waals surface area contributed by atoms with Gasteiger partial charge in [-0.2, -0.15) is 0 Å². The fraction of sp³-hybridized carbons (Fsp3) is 0.0455. The monoisotopic (exact) mass is 420 g/mol. The summed E-state index contributed by atoms with van der Waals surface area (Å²) in [5, 5.41) is 10.9. The number of thiazole rings is 1. The van der Waals surface area contributed by atoms with Gasteiger partial charge in [0.2, 0.25) is 5.78 Å². The lowest BCUT2D eigenvalue weighted by molar-refractivity contribution is -0.117. The molecular weight excluding hydrogens is 407 g/mol. The van der Waals surface area contributed by atoms with Crippen molar-refractivity contribution in [2.24, 2.45) is 0 Å². The predicted molar refractivity (Wildman–Crippen MR) is 109 cm³/mol. The van der Waals surface area contributed by atoms with Crippen molar-refractivity contribution in [2.75, 3.05) is 4.90 Å². The van der Waals surface area contributed by atoms with Crippen LogP contribution in [-0.2, 0) is 4.79 Å². The fourth-order valence-electron chi connectivity index (χ4n) is 3.52. The van der Waals surface area contributed by atoms with Gasteiger partial charge in [-0.05, 0) is 35.9 Å². The first-order valence-corrected chi connectivity index (χ1v) is 9.82. The van der Waals surface area contributed by atoms with Gasteiger partial charge in [0.1, 0.15) is 5.82 Å². The first-order valence-electron chi connectivity index (χ1n) is 9.00. The molecule has 0 aliphatic carbocycles. The quantitative estimate of drug-likeness (QED) is 0.479. The number of hydrogen-bond donors (Lipinski definition) is 1. The molecule has 30 heavy (non-hydrogen) atoms. The van der Waals surface area contributed by atoms with Crippen molar-refractivity contribution in [3.05, 3.63) is 95.4 Å². The molecule has 1 N–H and O–H groups in total. The summed E-state index contributed by atoms with van der Waals surface area (Å²) in [5.41, 5.74) is 1.04. The first kappa shape index (κ1) is 18.3. The van der Waals surface area contributed by atoms with E-state index in [0.717, 1.165) is 11.3 Å². The summed E-state index contributed by atoms with van der Waals surface area (Å²) in [4.78, 5) is 31.8. The SMILES string of the molecule is O=C(C1=C(O)C(=O)N(c2nc3ccc(F)cc3s2)[C@@H]1c1ccccc1)c1ccco1. The summed E-state index contributed by atoms with van der Waals surface area (Å²) < 4.78 is 19.4. The first-order chi connectivity index (χ1) is 14.5. The minimum absolute atomic E-state index is 0.0125. The fourth-order valence-corrected chi connectivity index (χ4v) is 4.53. The molecule has 8 heteroatoms. The molecule has 0 saturated heterocycles. The van der Waals surface area contributed by atoms with Crippen LogP contribution in [-0.4, -0.2) is 21.8 Å². The number of aliphatic hydroxyl groups is 1. The third-order valence-corrected chi connectivity index (χ3v) is 5.88. The lowest BCUT2D eigenvalue weighted by Crippen LogP contribution is -2.30. The molecule has 1 amide bonds. The molecule has 0 unspecified atom stereocenters. The number of amides is 1. The summed E-state index contributed by atoms with van der Waals surface area (Å²) in [6.45, 7) is 0. The summed E-state index contributed by atoms with van der Waals surface area (Å²) in [7, 11) is 0. The Bertz CT molecular complexity index is 1310. The van der Waals surface area contributed by atoms with Gasteiger partial charge in [0.05, 0.1) is 28.1 Å². The number of carbonyl (C=O) groups excluding carboxylic acids is 2. The van der Waals surface area contributed by atoms with Crippen molar-refractivity contribution in [3.63, 3.8) is 0 Å². The number of benzene rings is 2. The van der Waals surface area contributed by atoms with E-state index >= 15 is 0 Å². The molecule has 2 aromatic carbocycles. The minimum Gasteiger partial charge on any atom is -0.503 e. The number of anilines is 1. The number of halogens is 1. The molecule has 2 aromatic heterocycles. The predicted octanol–water partition coefficient (Wildman–Crippen LogP) is 4.81. The van der Waals surface area contributed by atoms with Crippen LogP contribution >= 0.6 is 11.3 Å². The van der Waals surface area contributed by atoms with Crippen molar-refractivity contribution in [3.8, 4) is 0 Å². The Hall–Kier alpha value is -3.78. The highest BCUT2D eigenvalue weighted by atomic mass is 32.1. The molecule has 6 nitrogen and oxygen atoms in total. The highest BCUT2D eigenvalue weighted by molar-refractivity contribution is 7.22. The number of carbonyl (C=O) groups is 2. The second-order valence-electron chi connectivity index (χ2n) is 6.67. The van der Waals surface area contributed by atoms with Crippen molar-refractivity contribution < 1.29 is 23.5 Å². The standard InChI is InChI=1S/C22H13FN2O4S/c23-13-8-9-14-16(11-13)30-22(24-14)25-18(12-5-2-1-3-6-12)17(20(27)21(25)28)19(26)15-7-4-10-29-15/h1-11,18,27H/t18-/m1/s1. The second-order valence-corrected chi connectivity index (χ2v) is 7.67. The zero-order valence-electron chi connectivity index (χ0n) is 15.3. The molecule has 0 spiro atoms. The van der Waals surface area contributed by atoms with E-state index in [1.54, 1.807) is 30.3 Å². The van der Waals surface area contributed by atoms with Crippen LogP contribution in [0.3, 0.4) is 0 Å². The van der Waals surface area contributed by atoms with Gasteiger partial charge in [0, 0.05) is 0 Å². The molecular formula is C22H13FN2O4S. The number of nitrogens with zero attached hydrogens (tertiary/aromatic N) is 2. The Balaban J connectivity index is 1.68. The third-order valence-electron chi connectivity index (χ3n) is 4.86. The molecule has 1 aliphatic heterocycles. The van der Waals surface area contributed by atoms with Gasteiger partial charge in [-0.15, -0.1) is 0 Å². The average Bonchev–Trinajstić information content (AvgIpc) is 3.47. The Morgan fingerprint density at radius 1 is 1.13 bits per heavy atom. The zero-order chi connectivity index (χ0) is 20.8. The van der Waals surface area contributed by atoms with E-state index in [2.05, 4.69) is 4.98 Å². The van der Waals surface area contributed by atoms with E-state index < -0.39 is 29.3 Å². The summed E-state index contributed by atoms with van der Waals surface area (Å²) >= 11 is 1.11. The maximum Gasteiger partial charge on any atom is 0.296 e. The number of rotatable bonds is 4. The van der Waals surface area contributed by atoms with Crippen LogP contribution in [0, 0.1) is 5.82 Å². The van der Waals surface area contributed by atoms with Crippen LogP contribution in [0.15, 0.2) is 82.7 Å². The summed E-state index contributed by atoms with van der Waals surface area (Å²) in [6, 6.07) is 15.1. The average molecular weight is 420 g/mol. The topological polar surface area (TPSA) is 83.6 Å². The molecule has 5 rings (SSSR count). The molecule has 0 saturated carbocycles. The van der Waals surface area contributed by atoms with Crippen molar-refractivity contribution in [1.82, 2.24) is 4.98 Å². The molecule has 0 bridgehead atoms. The maximum atomic E-state index is 13.6. The lowest BCUT2D eigenvalue weighted by atomic mass is 9.95. The van der Waals surface area contributed by atoms with Gasteiger partial charge >= 0.3 is 0 Å². The van der Waals surface area contributed by atoms with E-state index in [4.69, 9.17) is 4.42 Å². The van der Waals surface area contributed by atoms with E-state index in [0.29, 0.717) is 15.8 Å². The van der Waals surface area contributed by atoms with Crippen molar-refractivity contribution in [2.45, 2.75) is 6.04 Å². The second kappa shape index (κ2) is 6.93. The number of ketones is 1. The summed E-state index contributed by atoms with van der Waals surface area (Å²) in [5.74, 6) is -2.40. The largest absolute Gasteiger partial charge is 0.503 e. The lowest BCUT2D eigenvalue weighted by Gasteiger charge is -2.24. The Kier molecular flexibility index (Phi) is 4.22. The number of furan rings is 1. The number of aromatic nitrogens is 1. The van der Waals surface area contributed by atoms with Gasteiger partial charge in [0.25, 0.3) is 5.91 Å². The molecule has 0 radical (unpaired) electrons. The van der Waals surface area contributed by atoms with Gasteiger partial charge < -0.3 is 9.52 Å². The highest BCUT2D eigenvalue weighted by Gasteiger charge is 2.46. The molecule has 4 aromatic rings. The normalized spacial score (nSPS) is 16.6. The van der Waals surface area contributed by atoms with Gasteiger partial charge in [-0.25, -0.2) is 9.37 Å². The van der Waals surface area contributed by atoms with Crippen LogP contribution in [0.4, 0.5) is 9.52 Å². The van der Waals surface area contributed by atoms with E-state index in [9.17, 15) is 19.1 Å². The van der Waals surface area contributed by atoms with E-state index in [-0.39, 0.29) is 16.5 Å². The van der Waals surface area contributed by atoms with Gasteiger partial charge in [-0.1, -0.05) is 41.7 Å². The highest BCUT2D eigenvalue weighted by Crippen LogP contribution is 2.44. The summed E-state index contributed by atoms with van der Waals surface area (Å²) in [6.07, 6.45) is 1.35. The van der Waals surface area contributed by atoms with Crippen LogP contribution in [0.2, 0.25) is 0 Å². The third kappa shape index (κ3) is 2.81. The van der Waals surface area contributed by atoms with Crippen LogP contribution < -0.4 is 4.90 Å². The molecule has 0 fully saturated rings. The number of fused-ring (bicyclic) bond motifs is 1. The Morgan fingerprint density at radius 3 is 2.67 bits per heavy atom. The van der Waals surface area contributed by atoms with Crippen LogP contribution in [0.5, 0.6) is 0 Å². The minimum atomic E-state index is -0.901. The maximum absolute atomic E-state index is 13.6. The molecule has 3 heterocycles. The van der Waals surface area contributed by atoms with Crippen molar-refractivity contribution >= 4 is 38.4 Å². The molecule has 148 valence electrons. The number of Topliss-reactive ketones (excluding diaryl/α,β-unsaturated/α-hetero) is 1. The van der Waals surface area contributed by atoms with Gasteiger partial charge in [0.15, 0.2) is 16.7 Å². The Morgan fingerprint density at radius 2 is 1.93 bits per heavy atom. The zero-order valence-corrected chi connectivity index (χ0v) is 16.1. The van der Waals surface area contributed by atoms with Gasteiger partial charge in [-0.3, -0.25) is 14.5 Å². The van der Waals surface area contributed by atoms with E-state index in [1.807, 2.05) is 6.07 Å². The Labute approximate surface area is 173 Å². The van der Waals surface area contributed by atoms with Crippen LogP contribution in [0.25, 0.3) is 10.2 Å². The number of hydrogen-bond acceptors (Lipinski definition) is 6.